The molecule has 0 saturated carbocycles. The number of aromatic amines is 1. The number of hydrogen-bond acceptors (Lipinski definition) is 4. The zero-order chi connectivity index (χ0) is 18.8. The van der Waals surface area contributed by atoms with E-state index in [-0.39, 0.29) is 12.6 Å². The number of halogens is 1. The molecule has 3 rings (SSSR count). The number of fused-ring (bicyclic) bond motifs is 1. The highest BCUT2D eigenvalue weighted by atomic mass is 35.5. The number of hydrogen-bond donors (Lipinski definition) is 2. The molecule has 0 saturated heterocycles. The highest BCUT2D eigenvalue weighted by Gasteiger charge is 2.15. The van der Waals surface area contributed by atoms with Crippen LogP contribution >= 0.6 is 11.6 Å². The summed E-state index contributed by atoms with van der Waals surface area (Å²) in [5.74, 6) is 0.648. The second kappa shape index (κ2) is 7.35. The quantitative estimate of drug-likeness (QED) is 0.718. The van der Waals surface area contributed by atoms with E-state index in [4.69, 9.17) is 22.1 Å². The predicted molar refractivity (Wildman–Crippen MR) is 103 cm³/mol. The number of nitrogens with zero attached hydrogens (tertiary/aromatic N) is 1. The van der Waals surface area contributed by atoms with Crippen LogP contribution in [0.25, 0.3) is 10.9 Å². The third-order valence-electron chi connectivity index (χ3n) is 4.20. The number of aryl methyl sites for hydroxylation is 1. The lowest BCUT2D eigenvalue weighted by molar-refractivity contribution is 0.226. The molecule has 0 bridgehead atoms. The minimum absolute atomic E-state index is 0.183. The maximum atomic E-state index is 12.4. The molecule has 1 aromatic heterocycles. The Balaban J connectivity index is 2.17. The van der Waals surface area contributed by atoms with Gasteiger partial charge in [-0.1, -0.05) is 23.7 Å². The lowest BCUT2D eigenvalue weighted by Gasteiger charge is -2.20. The van der Waals surface area contributed by atoms with Gasteiger partial charge in [0.1, 0.15) is 11.9 Å². The van der Waals surface area contributed by atoms with Crippen molar-refractivity contribution >= 4 is 22.5 Å². The number of nitrogens with two attached hydrogens (primary N) is 1. The Morgan fingerprint density at radius 2 is 2.00 bits per heavy atom. The van der Waals surface area contributed by atoms with E-state index in [1.807, 2.05) is 13.8 Å². The van der Waals surface area contributed by atoms with Gasteiger partial charge in [-0.25, -0.2) is 4.79 Å². The van der Waals surface area contributed by atoms with E-state index >= 15 is 0 Å². The maximum Gasteiger partial charge on any atom is 0.329 e. The van der Waals surface area contributed by atoms with Gasteiger partial charge in [-0.15, -0.1) is 0 Å². The summed E-state index contributed by atoms with van der Waals surface area (Å²) >= 11 is 6.22. The van der Waals surface area contributed by atoms with Crippen molar-refractivity contribution in [1.29, 1.82) is 0 Å². The van der Waals surface area contributed by atoms with Crippen LogP contribution in [0.5, 0.6) is 5.75 Å². The molecule has 7 heteroatoms. The lowest BCUT2D eigenvalue weighted by atomic mass is 10.1. The molecule has 0 aliphatic rings. The van der Waals surface area contributed by atoms with Crippen LogP contribution in [0.15, 0.2) is 46.0 Å². The topological polar surface area (TPSA) is 90.1 Å². The molecule has 6 nitrogen and oxygen atoms in total. The third kappa shape index (κ3) is 3.52. The van der Waals surface area contributed by atoms with Gasteiger partial charge in [0.05, 0.1) is 17.4 Å². The largest absolute Gasteiger partial charge is 0.489 e. The number of rotatable bonds is 5. The van der Waals surface area contributed by atoms with E-state index in [1.165, 1.54) is 4.57 Å². The van der Waals surface area contributed by atoms with E-state index in [2.05, 4.69) is 4.98 Å². The smallest absolute Gasteiger partial charge is 0.329 e. The van der Waals surface area contributed by atoms with Crippen molar-refractivity contribution < 1.29 is 4.74 Å². The average molecular weight is 374 g/mol. The van der Waals surface area contributed by atoms with Crippen molar-refractivity contribution in [1.82, 2.24) is 9.55 Å². The molecular formula is C19H20ClN3O3. The van der Waals surface area contributed by atoms with E-state index in [0.717, 1.165) is 11.1 Å². The average Bonchev–Trinajstić information content (AvgIpc) is 2.61. The number of ether oxygens (including phenoxy) is 1. The van der Waals surface area contributed by atoms with Gasteiger partial charge in [-0.05, 0) is 43.7 Å². The molecule has 136 valence electrons. The second-order valence-electron chi connectivity index (χ2n) is 6.24. The van der Waals surface area contributed by atoms with Gasteiger partial charge < -0.3 is 10.5 Å². The van der Waals surface area contributed by atoms with Crippen LogP contribution in [0.2, 0.25) is 5.02 Å². The summed E-state index contributed by atoms with van der Waals surface area (Å²) in [7, 11) is 0. The van der Waals surface area contributed by atoms with Crippen LogP contribution < -0.4 is 21.7 Å². The van der Waals surface area contributed by atoms with Gasteiger partial charge in [0, 0.05) is 17.1 Å². The molecule has 26 heavy (non-hydrogen) atoms. The fourth-order valence-electron chi connectivity index (χ4n) is 2.90. The zero-order valence-electron chi connectivity index (χ0n) is 14.6. The molecule has 3 aromatic rings. The molecule has 1 heterocycles. The summed E-state index contributed by atoms with van der Waals surface area (Å²) < 4.78 is 7.46. The fraction of sp³-hybridized carbons (Fsp3) is 0.263. The van der Waals surface area contributed by atoms with E-state index in [0.29, 0.717) is 28.2 Å². The van der Waals surface area contributed by atoms with Crippen molar-refractivity contribution in [3.05, 3.63) is 73.4 Å². The highest BCUT2D eigenvalue weighted by Crippen LogP contribution is 2.29. The zero-order valence-corrected chi connectivity index (χ0v) is 15.3. The van der Waals surface area contributed by atoms with Crippen LogP contribution in [0, 0.1) is 6.92 Å². The number of aromatic nitrogens is 2. The molecule has 0 radical (unpaired) electrons. The standard InChI is InChI=1S/C19H20ClN3O3/c1-11-7-14(20)8-13(17(11)26-12(2)9-21)10-23-16-6-4-3-5-15(16)18(24)22-19(23)25/h3-8,12H,9-10,21H2,1-2H3,(H,22,24,25). The summed E-state index contributed by atoms with van der Waals surface area (Å²) in [6, 6.07) is 10.5. The third-order valence-corrected chi connectivity index (χ3v) is 4.42. The molecule has 0 amide bonds. The minimum Gasteiger partial charge on any atom is -0.489 e. The first-order chi connectivity index (χ1) is 12.4. The first-order valence-corrected chi connectivity index (χ1v) is 8.66. The van der Waals surface area contributed by atoms with Crippen LogP contribution in [-0.4, -0.2) is 22.2 Å². The molecule has 3 N–H and O–H groups in total. The summed E-state index contributed by atoms with van der Waals surface area (Å²) in [4.78, 5) is 26.8. The number of H-pyrrole nitrogens is 1. The van der Waals surface area contributed by atoms with Crippen LogP contribution in [-0.2, 0) is 6.54 Å². The lowest BCUT2D eigenvalue weighted by Crippen LogP contribution is -2.31. The van der Waals surface area contributed by atoms with Gasteiger partial charge in [0.2, 0.25) is 0 Å². The highest BCUT2D eigenvalue weighted by molar-refractivity contribution is 6.30. The monoisotopic (exact) mass is 373 g/mol. The second-order valence-corrected chi connectivity index (χ2v) is 6.67. The van der Waals surface area contributed by atoms with Crippen LogP contribution in [0.1, 0.15) is 18.1 Å². The molecule has 2 aromatic carbocycles. The summed E-state index contributed by atoms with van der Waals surface area (Å²) in [6.07, 6.45) is -0.183. The molecule has 1 atom stereocenters. The van der Waals surface area contributed by atoms with E-state index < -0.39 is 11.2 Å². The number of para-hydroxylation sites is 1. The Bertz CT molecular complexity index is 1070. The van der Waals surface area contributed by atoms with Crippen molar-refractivity contribution in [2.24, 2.45) is 5.73 Å². The van der Waals surface area contributed by atoms with Crippen molar-refractivity contribution in [3.63, 3.8) is 0 Å². The Kier molecular flexibility index (Phi) is 5.15. The van der Waals surface area contributed by atoms with Gasteiger partial charge in [0.25, 0.3) is 5.56 Å². The van der Waals surface area contributed by atoms with Crippen molar-refractivity contribution in [3.8, 4) is 5.75 Å². The summed E-state index contributed by atoms with van der Waals surface area (Å²) in [6.45, 7) is 4.34. The Hall–Kier alpha value is -2.57. The molecule has 0 aliphatic heterocycles. The van der Waals surface area contributed by atoms with Gasteiger partial charge in [-0.2, -0.15) is 0 Å². The molecule has 0 aliphatic carbocycles. The van der Waals surface area contributed by atoms with Crippen LogP contribution in [0.3, 0.4) is 0 Å². The Morgan fingerprint density at radius 3 is 2.73 bits per heavy atom. The van der Waals surface area contributed by atoms with E-state index in [1.54, 1.807) is 36.4 Å². The first-order valence-electron chi connectivity index (χ1n) is 8.28. The normalized spacial score (nSPS) is 12.3. The summed E-state index contributed by atoms with van der Waals surface area (Å²) in [5.41, 5.74) is 6.94. The van der Waals surface area contributed by atoms with Gasteiger partial charge in [0.15, 0.2) is 0 Å². The van der Waals surface area contributed by atoms with Crippen LogP contribution in [0.4, 0.5) is 0 Å². The molecule has 0 fully saturated rings. The van der Waals surface area contributed by atoms with Gasteiger partial charge in [-0.3, -0.25) is 14.3 Å². The fourth-order valence-corrected chi connectivity index (χ4v) is 3.20. The SMILES string of the molecule is Cc1cc(Cl)cc(Cn2c(=O)[nH]c(=O)c3ccccc32)c1OC(C)CN. The predicted octanol–water partition coefficient (Wildman–Crippen LogP) is 2.43. The van der Waals surface area contributed by atoms with E-state index in [9.17, 15) is 9.59 Å². The van der Waals surface area contributed by atoms with Crippen molar-refractivity contribution in [2.45, 2.75) is 26.5 Å². The van der Waals surface area contributed by atoms with Crippen molar-refractivity contribution in [2.75, 3.05) is 6.54 Å². The Morgan fingerprint density at radius 1 is 1.27 bits per heavy atom. The molecule has 0 spiro atoms. The Labute approximate surface area is 155 Å². The number of nitrogens with one attached hydrogen (secondary N) is 1. The minimum atomic E-state index is -0.482. The maximum absolute atomic E-state index is 12.4. The molecule has 1 unspecified atom stereocenters. The first kappa shape index (κ1) is 18.2. The summed E-state index contributed by atoms with van der Waals surface area (Å²) in [5, 5.41) is 0.996. The molecular weight excluding hydrogens is 354 g/mol. The number of benzene rings is 2. The van der Waals surface area contributed by atoms with Gasteiger partial charge >= 0.3 is 5.69 Å².